The van der Waals surface area contributed by atoms with E-state index in [2.05, 4.69) is 44.0 Å². The first-order chi connectivity index (χ1) is 16.7. The first-order valence-electron chi connectivity index (χ1n) is 11.8. The van der Waals surface area contributed by atoms with E-state index in [1.165, 1.54) is 24.9 Å². The summed E-state index contributed by atoms with van der Waals surface area (Å²) in [6, 6.07) is 18.4. The van der Waals surface area contributed by atoms with Crippen molar-refractivity contribution in [2.45, 2.75) is 31.0 Å². The lowest BCUT2D eigenvalue weighted by Crippen LogP contribution is -2.29. The maximum absolute atomic E-state index is 6.07. The van der Waals surface area contributed by atoms with Gasteiger partial charge in [0, 0.05) is 54.2 Å². The Balaban J connectivity index is 1.30. The van der Waals surface area contributed by atoms with Crippen LogP contribution in [0.3, 0.4) is 0 Å². The van der Waals surface area contributed by atoms with E-state index >= 15 is 0 Å². The topological polar surface area (TPSA) is 84.9 Å². The Hall–Kier alpha value is -3.52. The number of nitrogens with zero attached hydrogens (tertiary/aromatic N) is 5. The van der Waals surface area contributed by atoms with Crippen LogP contribution in [-0.4, -0.2) is 38.4 Å². The Bertz CT molecular complexity index is 1310. The molecule has 1 fully saturated rings. The van der Waals surface area contributed by atoms with Gasteiger partial charge in [-0.05, 0) is 61.7 Å². The second kappa shape index (κ2) is 9.02. The summed E-state index contributed by atoms with van der Waals surface area (Å²) in [5.74, 6) is 1.59. The van der Waals surface area contributed by atoms with Crippen LogP contribution in [0.4, 0.5) is 23.0 Å². The van der Waals surface area contributed by atoms with Crippen molar-refractivity contribution in [3.8, 4) is 22.6 Å². The fraction of sp³-hybridized carbons (Fsp3) is 0.269. The smallest absolute Gasteiger partial charge is 0.227 e. The minimum Gasteiger partial charge on any atom is -0.399 e. The van der Waals surface area contributed by atoms with Gasteiger partial charge in [-0.15, -0.1) is 0 Å². The fourth-order valence-electron chi connectivity index (χ4n) is 4.71. The predicted octanol–water partition coefficient (Wildman–Crippen LogP) is 5.43. The van der Waals surface area contributed by atoms with Gasteiger partial charge in [0.25, 0.3) is 0 Å². The van der Waals surface area contributed by atoms with E-state index in [9.17, 15) is 0 Å². The molecule has 0 bridgehead atoms. The molecule has 8 heteroatoms. The molecule has 0 amide bonds. The predicted molar refractivity (Wildman–Crippen MR) is 140 cm³/mol. The first-order valence-corrected chi connectivity index (χ1v) is 12.8. The number of thioether (sulfide) groups is 1. The molecule has 0 aliphatic carbocycles. The van der Waals surface area contributed by atoms with Crippen molar-refractivity contribution < 1.29 is 0 Å². The number of fused-ring (bicyclic) bond motifs is 1. The van der Waals surface area contributed by atoms with Crippen LogP contribution in [-0.2, 0) is 6.54 Å². The van der Waals surface area contributed by atoms with Gasteiger partial charge < -0.3 is 20.5 Å². The van der Waals surface area contributed by atoms with Crippen molar-refractivity contribution >= 4 is 34.8 Å². The first kappa shape index (κ1) is 21.0. The molecule has 2 aromatic carbocycles. The van der Waals surface area contributed by atoms with Crippen LogP contribution in [0.25, 0.3) is 22.6 Å². The lowest BCUT2D eigenvalue weighted by Gasteiger charge is -2.28. The van der Waals surface area contributed by atoms with Gasteiger partial charge in [-0.3, -0.25) is 0 Å². The van der Waals surface area contributed by atoms with Gasteiger partial charge >= 0.3 is 0 Å². The number of piperidine rings is 1. The molecule has 172 valence electrons. The maximum atomic E-state index is 6.07. The number of aromatic nitrogens is 4. The molecule has 3 N–H and O–H groups in total. The SMILES string of the molecule is Nc1cccc(-c2nc3n(c2-c2ccnc(Nc4ccc(N5CCCCC5)cc4)n2)CCS3)c1. The van der Waals surface area contributed by atoms with Gasteiger partial charge in [-0.1, -0.05) is 23.9 Å². The number of anilines is 4. The number of nitrogens with one attached hydrogen (secondary N) is 1. The summed E-state index contributed by atoms with van der Waals surface area (Å²) in [7, 11) is 0. The van der Waals surface area contributed by atoms with E-state index in [0.717, 1.165) is 64.6 Å². The molecule has 7 nitrogen and oxygen atoms in total. The van der Waals surface area contributed by atoms with Gasteiger partial charge in [0.15, 0.2) is 5.16 Å². The van der Waals surface area contributed by atoms with Gasteiger partial charge in [-0.2, -0.15) is 0 Å². The average molecular weight is 470 g/mol. The number of nitrogen functional groups attached to an aromatic ring is 1. The van der Waals surface area contributed by atoms with Crippen LogP contribution >= 0.6 is 11.8 Å². The minimum absolute atomic E-state index is 0.572. The molecule has 34 heavy (non-hydrogen) atoms. The van der Waals surface area contributed by atoms with Crippen LogP contribution in [0.2, 0.25) is 0 Å². The van der Waals surface area contributed by atoms with Crippen LogP contribution in [0.1, 0.15) is 19.3 Å². The lowest BCUT2D eigenvalue weighted by atomic mass is 10.1. The summed E-state index contributed by atoms with van der Waals surface area (Å²) in [5.41, 5.74) is 12.8. The van der Waals surface area contributed by atoms with Gasteiger partial charge in [0.2, 0.25) is 5.95 Å². The molecule has 1 saturated heterocycles. The van der Waals surface area contributed by atoms with Crippen molar-refractivity contribution in [2.75, 3.05) is 34.8 Å². The second-order valence-corrected chi connectivity index (χ2v) is 9.76. The molecule has 0 atom stereocenters. The molecule has 2 aliphatic heterocycles. The molecule has 6 rings (SSSR count). The number of imidazole rings is 1. The summed E-state index contributed by atoms with van der Waals surface area (Å²) >= 11 is 1.77. The Kier molecular flexibility index (Phi) is 5.58. The molecular weight excluding hydrogens is 442 g/mol. The van der Waals surface area contributed by atoms with Crippen LogP contribution in [0, 0.1) is 0 Å². The van der Waals surface area contributed by atoms with E-state index in [0.29, 0.717) is 5.95 Å². The lowest BCUT2D eigenvalue weighted by molar-refractivity contribution is 0.578. The van der Waals surface area contributed by atoms with Gasteiger partial charge in [-0.25, -0.2) is 15.0 Å². The highest BCUT2D eigenvalue weighted by Gasteiger charge is 2.25. The highest BCUT2D eigenvalue weighted by atomic mass is 32.2. The van der Waals surface area contributed by atoms with Gasteiger partial charge in [0.1, 0.15) is 0 Å². The molecule has 4 heterocycles. The fourth-order valence-corrected chi connectivity index (χ4v) is 5.66. The number of hydrogen-bond donors (Lipinski definition) is 2. The summed E-state index contributed by atoms with van der Waals surface area (Å²) in [5, 5.41) is 4.40. The number of hydrogen-bond acceptors (Lipinski definition) is 7. The Morgan fingerprint density at radius 2 is 1.76 bits per heavy atom. The molecule has 2 aliphatic rings. The molecular formula is C26H27N7S. The van der Waals surface area contributed by atoms with E-state index < -0.39 is 0 Å². The second-order valence-electron chi connectivity index (χ2n) is 8.70. The zero-order valence-electron chi connectivity index (χ0n) is 18.9. The Labute approximate surface area is 203 Å². The van der Waals surface area contributed by atoms with E-state index in [-0.39, 0.29) is 0 Å². The third kappa shape index (κ3) is 4.09. The molecule has 0 spiro atoms. The number of nitrogens with two attached hydrogens (primary N) is 1. The zero-order chi connectivity index (χ0) is 22.9. The van der Waals surface area contributed by atoms with Crippen molar-refractivity contribution in [2.24, 2.45) is 0 Å². The molecule has 0 saturated carbocycles. The van der Waals surface area contributed by atoms with Crippen LogP contribution < -0.4 is 16.0 Å². The van der Waals surface area contributed by atoms with Crippen LogP contribution in [0.15, 0.2) is 66.0 Å². The van der Waals surface area contributed by atoms with Crippen molar-refractivity contribution in [3.05, 3.63) is 60.8 Å². The largest absolute Gasteiger partial charge is 0.399 e. The molecule has 0 radical (unpaired) electrons. The average Bonchev–Trinajstić information content (AvgIpc) is 3.47. The van der Waals surface area contributed by atoms with Gasteiger partial charge in [0.05, 0.1) is 17.1 Å². The highest BCUT2D eigenvalue weighted by molar-refractivity contribution is 7.99. The highest BCUT2D eigenvalue weighted by Crippen LogP contribution is 2.39. The third-order valence-electron chi connectivity index (χ3n) is 6.38. The molecule has 0 unspecified atom stereocenters. The number of benzene rings is 2. The summed E-state index contributed by atoms with van der Waals surface area (Å²) in [4.78, 5) is 16.7. The normalized spacial score (nSPS) is 15.4. The van der Waals surface area contributed by atoms with E-state index in [4.69, 9.17) is 15.7 Å². The summed E-state index contributed by atoms with van der Waals surface area (Å²) in [6.07, 6.45) is 5.68. The quantitative estimate of drug-likeness (QED) is 0.377. The standard InChI is InChI=1S/C26H27N7S/c27-19-6-4-5-18(17-19)23-24(33-15-16-34-26(33)31-23)22-11-12-28-25(30-22)29-20-7-9-21(10-8-20)32-13-2-1-3-14-32/h4-12,17H,1-3,13-16,27H2,(H,28,29,30). The van der Waals surface area contributed by atoms with Crippen molar-refractivity contribution in [1.82, 2.24) is 19.5 Å². The Morgan fingerprint density at radius 1 is 0.912 bits per heavy atom. The summed E-state index contributed by atoms with van der Waals surface area (Å²) < 4.78 is 2.25. The van der Waals surface area contributed by atoms with E-state index in [1.54, 1.807) is 18.0 Å². The van der Waals surface area contributed by atoms with Crippen LogP contribution in [0.5, 0.6) is 0 Å². The minimum atomic E-state index is 0.572. The molecule has 4 aromatic rings. The molecule has 2 aromatic heterocycles. The van der Waals surface area contributed by atoms with E-state index in [1.807, 2.05) is 30.3 Å². The maximum Gasteiger partial charge on any atom is 0.227 e. The van der Waals surface area contributed by atoms with Crippen molar-refractivity contribution in [3.63, 3.8) is 0 Å². The van der Waals surface area contributed by atoms with Crippen molar-refractivity contribution in [1.29, 1.82) is 0 Å². The summed E-state index contributed by atoms with van der Waals surface area (Å²) in [6.45, 7) is 3.19. The number of rotatable bonds is 5. The monoisotopic (exact) mass is 469 g/mol. The Morgan fingerprint density at radius 3 is 2.59 bits per heavy atom. The third-order valence-corrected chi connectivity index (χ3v) is 7.34. The zero-order valence-corrected chi connectivity index (χ0v) is 19.8.